The van der Waals surface area contributed by atoms with Crippen molar-refractivity contribution in [2.45, 2.75) is 51.5 Å². The first kappa shape index (κ1) is 12.4. The van der Waals surface area contributed by atoms with Gasteiger partial charge in [-0.2, -0.15) is 0 Å². The average Bonchev–Trinajstić information content (AvgIpc) is 2.92. The minimum atomic E-state index is 0.625. The molecular formula is C17H25N3. The Hall–Kier alpha value is -1.38. The summed E-state index contributed by atoms with van der Waals surface area (Å²) in [6, 6.07) is 0.625. The third kappa shape index (κ3) is 1.87. The van der Waals surface area contributed by atoms with Crippen molar-refractivity contribution in [3.63, 3.8) is 0 Å². The van der Waals surface area contributed by atoms with E-state index in [1.165, 1.54) is 55.5 Å². The van der Waals surface area contributed by atoms with E-state index >= 15 is 0 Å². The maximum atomic E-state index is 3.62. The van der Waals surface area contributed by atoms with E-state index in [4.69, 9.17) is 0 Å². The number of hydrogen-bond donors (Lipinski definition) is 2. The molecule has 0 aromatic heterocycles. The molecule has 0 bridgehead atoms. The number of rotatable bonds is 1. The SMILES string of the molecule is CC1CCC2=C3C1=CNCC(C1CCCC1)N3C=CN2. The Morgan fingerprint density at radius 3 is 2.90 bits per heavy atom. The zero-order valence-electron chi connectivity index (χ0n) is 12.4. The van der Waals surface area contributed by atoms with Crippen LogP contribution < -0.4 is 10.6 Å². The number of nitrogens with one attached hydrogen (secondary N) is 2. The molecule has 2 unspecified atom stereocenters. The summed E-state index contributed by atoms with van der Waals surface area (Å²) in [5.74, 6) is 1.52. The van der Waals surface area contributed by atoms with Crippen LogP contribution in [0.5, 0.6) is 0 Å². The van der Waals surface area contributed by atoms with Gasteiger partial charge in [-0.05, 0) is 43.1 Å². The van der Waals surface area contributed by atoms with Crippen LogP contribution in [0, 0.1) is 11.8 Å². The van der Waals surface area contributed by atoms with Gasteiger partial charge in [0.2, 0.25) is 0 Å². The van der Waals surface area contributed by atoms with Crippen molar-refractivity contribution in [3.05, 3.63) is 35.6 Å². The summed E-state index contributed by atoms with van der Waals surface area (Å²) in [7, 11) is 0. The summed E-state index contributed by atoms with van der Waals surface area (Å²) >= 11 is 0. The highest BCUT2D eigenvalue weighted by Crippen LogP contribution is 2.41. The zero-order valence-corrected chi connectivity index (χ0v) is 12.4. The highest BCUT2D eigenvalue weighted by molar-refractivity contribution is 5.42. The van der Waals surface area contributed by atoms with Crippen molar-refractivity contribution < 1.29 is 0 Å². The molecule has 0 radical (unpaired) electrons. The Morgan fingerprint density at radius 2 is 2.05 bits per heavy atom. The van der Waals surface area contributed by atoms with Gasteiger partial charge in [0.05, 0.1) is 11.7 Å². The van der Waals surface area contributed by atoms with Crippen LogP contribution in [0.25, 0.3) is 0 Å². The predicted molar refractivity (Wildman–Crippen MR) is 81.4 cm³/mol. The van der Waals surface area contributed by atoms with Gasteiger partial charge in [0.15, 0.2) is 0 Å². The molecule has 2 N–H and O–H groups in total. The quantitative estimate of drug-likeness (QED) is 0.767. The summed E-state index contributed by atoms with van der Waals surface area (Å²) in [4.78, 5) is 2.59. The standard InChI is InChI=1S/C17H25N3/c1-12-6-7-15-17-14(12)10-18-11-16(13-4-2-3-5-13)20(17)9-8-19-15/h8-10,12-13,16,18-19H,2-7,11H2,1H3. The van der Waals surface area contributed by atoms with E-state index in [1.807, 2.05) is 0 Å². The zero-order chi connectivity index (χ0) is 13.5. The first-order valence-electron chi connectivity index (χ1n) is 8.23. The van der Waals surface area contributed by atoms with Crippen molar-refractivity contribution in [1.29, 1.82) is 0 Å². The van der Waals surface area contributed by atoms with E-state index in [1.54, 1.807) is 0 Å². The highest BCUT2D eigenvalue weighted by Gasteiger charge is 2.37. The summed E-state index contributed by atoms with van der Waals surface area (Å²) in [6.07, 6.45) is 14.8. The fourth-order valence-electron chi connectivity index (χ4n) is 4.39. The monoisotopic (exact) mass is 271 g/mol. The van der Waals surface area contributed by atoms with E-state index in [0.29, 0.717) is 12.0 Å². The van der Waals surface area contributed by atoms with Crippen molar-refractivity contribution >= 4 is 0 Å². The molecule has 108 valence electrons. The lowest BCUT2D eigenvalue weighted by Gasteiger charge is -2.41. The summed E-state index contributed by atoms with van der Waals surface area (Å²) in [5, 5.41) is 7.11. The summed E-state index contributed by atoms with van der Waals surface area (Å²) < 4.78 is 0. The van der Waals surface area contributed by atoms with Crippen LogP contribution in [0.2, 0.25) is 0 Å². The van der Waals surface area contributed by atoms with Crippen LogP contribution in [0.3, 0.4) is 0 Å². The first-order chi connectivity index (χ1) is 9.84. The van der Waals surface area contributed by atoms with Crippen molar-refractivity contribution in [3.8, 4) is 0 Å². The lowest BCUT2D eigenvalue weighted by molar-refractivity contribution is 0.237. The molecule has 2 aliphatic carbocycles. The van der Waals surface area contributed by atoms with Crippen LogP contribution in [0.15, 0.2) is 35.6 Å². The smallest absolute Gasteiger partial charge is 0.0655 e. The van der Waals surface area contributed by atoms with E-state index in [2.05, 4.69) is 41.1 Å². The van der Waals surface area contributed by atoms with Gasteiger partial charge in [0.1, 0.15) is 0 Å². The van der Waals surface area contributed by atoms with Gasteiger partial charge >= 0.3 is 0 Å². The van der Waals surface area contributed by atoms with Gasteiger partial charge < -0.3 is 15.5 Å². The van der Waals surface area contributed by atoms with Crippen LogP contribution in [0.4, 0.5) is 0 Å². The van der Waals surface area contributed by atoms with Gasteiger partial charge in [0, 0.05) is 30.8 Å². The fourth-order valence-corrected chi connectivity index (χ4v) is 4.39. The fraction of sp³-hybridized carbons (Fsp3) is 0.647. The topological polar surface area (TPSA) is 27.3 Å². The van der Waals surface area contributed by atoms with Crippen LogP contribution in [0.1, 0.15) is 45.4 Å². The number of hydrogen-bond acceptors (Lipinski definition) is 3. The second-order valence-electron chi connectivity index (χ2n) is 6.75. The van der Waals surface area contributed by atoms with Crippen molar-refractivity contribution in [2.24, 2.45) is 11.8 Å². The van der Waals surface area contributed by atoms with Gasteiger partial charge in [-0.3, -0.25) is 0 Å². The molecule has 2 heterocycles. The molecule has 4 rings (SSSR count). The third-order valence-corrected chi connectivity index (χ3v) is 5.55. The minimum absolute atomic E-state index is 0.625. The van der Waals surface area contributed by atoms with E-state index in [-0.39, 0.29) is 0 Å². The van der Waals surface area contributed by atoms with Crippen LogP contribution >= 0.6 is 0 Å². The largest absolute Gasteiger partial charge is 0.389 e. The summed E-state index contributed by atoms with van der Waals surface area (Å²) in [6.45, 7) is 3.45. The van der Waals surface area contributed by atoms with Crippen LogP contribution in [-0.2, 0) is 0 Å². The van der Waals surface area contributed by atoms with Crippen molar-refractivity contribution in [1.82, 2.24) is 15.5 Å². The van der Waals surface area contributed by atoms with Gasteiger partial charge in [-0.25, -0.2) is 0 Å². The molecule has 3 heteroatoms. The molecule has 2 aliphatic heterocycles. The Morgan fingerprint density at radius 1 is 1.20 bits per heavy atom. The molecule has 0 spiro atoms. The molecule has 20 heavy (non-hydrogen) atoms. The second kappa shape index (κ2) is 4.87. The number of allylic oxidation sites excluding steroid dienone is 2. The lowest BCUT2D eigenvalue weighted by atomic mass is 9.85. The van der Waals surface area contributed by atoms with Crippen LogP contribution in [-0.4, -0.2) is 17.5 Å². The molecule has 4 aliphatic rings. The maximum absolute atomic E-state index is 3.62. The predicted octanol–water partition coefficient (Wildman–Crippen LogP) is 3.05. The molecular weight excluding hydrogens is 246 g/mol. The summed E-state index contributed by atoms with van der Waals surface area (Å²) in [5.41, 5.74) is 4.42. The Bertz CT molecular complexity index is 482. The molecule has 0 aromatic rings. The minimum Gasteiger partial charge on any atom is -0.389 e. The highest BCUT2D eigenvalue weighted by atomic mass is 15.2. The third-order valence-electron chi connectivity index (χ3n) is 5.55. The Labute approximate surface area is 121 Å². The average molecular weight is 271 g/mol. The van der Waals surface area contributed by atoms with Gasteiger partial charge in [-0.15, -0.1) is 0 Å². The molecule has 0 aromatic carbocycles. The lowest BCUT2D eigenvalue weighted by Crippen LogP contribution is -2.44. The maximum Gasteiger partial charge on any atom is 0.0655 e. The molecule has 1 saturated carbocycles. The van der Waals surface area contributed by atoms with Crippen molar-refractivity contribution in [2.75, 3.05) is 6.54 Å². The first-order valence-corrected chi connectivity index (χ1v) is 8.23. The molecule has 1 fully saturated rings. The Balaban J connectivity index is 1.73. The van der Waals surface area contributed by atoms with E-state index in [9.17, 15) is 0 Å². The molecule has 0 amide bonds. The van der Waals surface area contributed by atoms with Gasteiger partial charge in [0.25, 0.3) is 0 Å². The van der Waals surface area contributed by atoms with E-state index in [0.717, 1.165) is 12.5 Å². The van der Waals surface area contributed by atoms with Gasteiger partial charge in [-0.1, -0.05) is 19.8 Å². The Kier molecular flexibility index (Phi) is 3.01. The molecule has 0 saturated heterocycles. The second-order valence-corrected chi connectivity index (χ2v) is 6.75. The molecule has 2 atom stereocenters. The van der Waals surface area contributed by atoms with E-state index < -0.39 is 0 Å². The molecule has 3 nitrogen and oxygen atoms in total. The number of nitrogens with zero attached hydrogens (tertiary/aromatic N) is 1. The normalized spacial score (nSPS) is 33.2.